The van der Waals surface area contributed by atoms with E-state index < -0.39 is 0 Å². The standard InChI is InChI=1S/C6H11NO.C4H10O3.C2H6O/c1-2-7-5-3-4-6(7)8;5-1-3-7-4-2-6;1-3-2/h2-5H2,1H3;5-6H,1-4H2;1-2H3. The van der Waals surface area contributed by atoms with Gasteiger partial charge in [-0.1, -0.05) is 0 Å². The van der Waals surface area contributed by atoms with Crippen LogP contribution in [0.15, 0.2) is 0 Å². The number of nitrogens with zero attached hydrogens (tertiary/aromatic N) is 1. The Labute approximate surface area is 109 Å². The van der Waals surface area contributed by atoms with E-state index in [4.69, 9.17) is 10.2 Å². The van der Waals surface area contributed by atoms with Crippen molar-refractivity contribution in [1.29, 1.82) is 0 Å². The molecule has 0 radical (unpaired) electrons. The van der Waals surface area contributed by atoms with Crippen molar-refractivity contribution < 1.29 is 24.5 Å². The van der Waals surface area contributed by atoms with Crippen molar-refractivity contribution in [2.75, 3.05) is 53.7 Å². The van der Waals surface area contributed by atoms with Crippen LogP contribution in [0.25, 0.3) is 0 Å². The van der Waals surface area contributed by atoms with Gasteiger partial charge in [0.05, 0.1) is 26.4 Å². The second kappa shape index (κ2) is 16.3. The monoisotopic (exact) mass is 265 g/mol. The topological polar surface area (TPSA) is 79.2 Å². The smallest absolute Gasteiger partial charge is 0.222 e. The Balaban J connectivity index is 0. The molecule has 0 bridgehead atoms. The summed E-state index contributed by atoms with van der Waals surface area (Å²) in [6.45, 7) is 4.58. The summed E-state index contributed by atoms with van der Waals surface area (Å²) >= 11 is 0. The Hall–Kier alpha value is -0.690. The largest absolute Gasteiger partial charge is 0.394 e. The lowest BCUT2D eigenvalue weighted by atomic mass is 10.4. The van der Waals surface area contributed by atoms with E-state index in [-0.39, 0.29) is 13.2 Å². The van der Waals surface area contributed by atoms with E-state index in [1.54, 1.807) is 14.2 Å². The summed E-state index contributed by atoms with van der Waals surface area (Å²) in [6, 6.07) is 0. The molecular weight excluding hydrogens is 238 g/mol. The van der Waals surface area contributed by atoms with Crippen molar-refractivity contribution in [2.24, 2.45) is 0 Å². The molecule has 1 aliphatic rings. The molecule has 110 valence electrons. The molecule has 1 saturated heterocycles. The fourth-order valence-corrected chi connectivity index (χ4v) is 1.27. The first-order valence-corrected chi connectivity index (χ1v) is 6.15. The molecule has 0 spiro atoms. The molecule has 0 aromatic rings. The lowest BCUT2D eigenvalue weighted by Gasteiger charge is -2.10. The van der Waals surface area contributed by atoms with Gasteiger partial charge in [-0.2, -0.15) is 0 Å². The van der Waals surface area contributed by atoms with Crippen LogP contribution < -0.4 is 0 Å². The number of aliphatic hydroxyl groups is 2. The second-order valence-corrected chi connectivity index (χ2v) is 3.54. The third-order valence-electron chi connectivity index (χ3n) is 2.02. The molecule has 0 atom stereocenters. The van der Waals surface area contributed by atoms with Gasteiger partial charge in [0.25, 0.3) is 0 Å². The fourth-order valence-electron chi connectivity index (χ4n) is 1.27. The third-order valence-corrected chi connectivity index (χ3v) is 2.02. The fraction of sp³-hybridized carbons (Fsp3) is 0.917. The van der Waals surface area contributed by atoms with Crippen molar-refractivity contribution in [3.63, 3.8) is 0 Å². The number of aliphatic hydroxyl groups excluding tert-OH is 2. The van der Waals surface area contributed by atoms with Crippen LogP contribution in [-0.4, -0.2) is 74.8 Å². The number of methoxy groups -OCH3 is 1. The Kier molecular flexibility index (Phi) is 17.8. The van der Waals surface area contributed by atoms with E-state index in [9.17, 15) is 4.79 Å². The quantitative estimate of drug-likeness (QED) is 0.677. The van der Waals surface area contributed by atoms with Crippen LogP contribution in [0.2, 0.25) is 0 Å². The Bertz CT molecular complexity index is 174. The Morgan fingerprint density at radius 2 is 1.72 bits per heavy atom. The Morgan fingerprint density at radius 1 is 1.22 bits per heavy atom. The van der Waals surface area contributed by atoms with Crippen molar-refractivity contribution in [3.8, 4) is 0 Å². The molecule has 6 heteroatoms. The van der Waals surface area contributed by atoms with Gasteiger partial charge in [0, 0.05) is 33.7 Å². The van der Waals surface area contributed by atoms with Crippen LogP contribution in [0.1, 0.15) is 19.8 Å². The first-order valence-electron chi connectivity index (χ1n) is 6.15. The Morgan fingerprint density at radius 3 is 1.94 bits per heavy atom. The van der Waals surface area contributed by atoms with Crippen LogP contribution in [0.3, 0.4) is 0 Å². The summed E-state index contributed by atoms with van der Waals surface area (Å²) in [6.07, 6.45) is 1.83. The van der Waals surface area contributed by atoms with Gasteiger partial charge >= 0.3 is 0 Å². The van der Waals surface area contributed by atoms with E-state index in [0.29, 0.717) is 19.1 Å². The first-order chi connectivity index (χ1) is 8.67. The first kappa shape index (κ1) is 19.6. The summed E-state index contributed by atoms with van der Waals surface area (Å²) in [5, 5.41) is 16.2. The van der Waals surface area contributed by atoms with Crippen LogP contribution >= 0.6 is 0 Å². The van der Waals surface area contributed by atoms with Gasteiger partial charge in [-0.25, -0.2) is 0 Å². The predicted octanol–water partition coefficient (Wildman–Crippen LogP) is -0.121. The molecule has 1 heterocycles. The molecule has 18 heavy (non-hydrogen) atoms. The highest BCUT2D eigenvalue weighted by molar-refractivity contribution is 5.77. The number of carbonyl (C=O) groups excluding carboxylic acids is 1. The van der Waals surface area contributed by atoms with Gasteiger partial charge in [0.15, 0.2) is 0 Å². The lowest BCUT2D eigenvalue weighted by molar-refractivity contribution is -0.127. The number of amides is 1. The molecule has 6 nitrogen and oxygen atoms in total. The van der Waals surface area contributed by atoms with Crippen LogP contribution in [0.4, 0.5) is 0 Å². The summed E-state index contributed by atoms with van der Waals surface area (Å²) < 4.78 is 8.88. The molecule has 0 unspecified atom stereocenters. The van der Waals surface area contributed by atoms with E-state index >= 15 is 0 Å². The van der Waals surface area contributed by atoms with Crippen molar-refractivity contribution in [3.05, 3.63) is 0 Å². The zero-order valence-electron chi connectivity index (χ0n) is 11.7. The minimum atomic E-state index is 0.0278. The minimum absolute atomic E-state index is 0.0278. The number of hydrogen-bond donors (Lipinski definition) is 2. The molecular formula is C12H27NO5. The number of hydrogen-bond acceptors (Lipinski definition) is 5. The number of likely N-dealkylation sites (tertiary alicyclic amines) is 1. The minimum Gasteiger partial charge on any atom is -0.394 e. The highest BCUT2D eigenvalue weighted by Crippen LogP contribution is 2.07. The van der Waals surface area contributed by atoms with Gasteiger partial charge in [-0.15, -0.1) is 0 Å². The van der Waals surface area contributed by atoms with E-state index in [2.05, 4.69) is 9.47 Å². The van der Waals surface area contributed by atoms with Gasteiger partial charge in [-0.05, 0) is 13.3 Å². The van der Waals surface area contributed by atoms with Gasteiger partial charge in [0.1, 0.15) is 0 Å². The molecule has 1 rings (SSSR count). The van der Waals surface area contributed by atoms with Crippen LogP contribution in [0, 0.1) is 0 Å². The normalized spacial score (nSPS) is 13.6. The highest BCUT2D eigenvalue weighted by atomic mass is 16.5. The molecule has 1 fully saturated rings. The third kappa shape index (κ3) is 13.4. The molecule has 1 amide bonds. The zero-order chi connectivity index (χ0) is 14.2. The predicted molar refractivity (Wildman–Crippen MR) is 69.4 cm³/mol. The summed E-state index contributed by atoms with van der Waals surface area (Å²) in [5.41, 5.74) is 0. The maximum Gasteiger partial charge on any atom is 0.222 e. The number of carbonyl (C=O) groups is 1. The number of rotatable bonds is 5. The summed E-state index contributed by atoms with van der Waals surface area (Å²) in [5.74, 6) is 0.326. The molecule has 0 aromatic heterocycles. The van der Waals surface area contributed by atoms with Gasteiger partial charge < -0.3 is 24.6 Å². The molecule has 0 aliphatic carbocycles. The van der Waals surface area contributed by atoms with Crippen LogP contribution in [0.5, 0.6) is 0 Å². The highest BCUT2D eigenvalue weighted by Gasteiger charge is 2.16. The molecule has 0 aromatic carbocycles. The van der Waals surface area contributed by atoms with Gasteiger partial charge in [-0.3, -0.25) is 4.79 Å². The van der Waals surface area contributed by atoms with E-state index in [1.807, 2.05) is 11.8 Å². The summed E-state index contributed by atoms with van der Waals surface area (Å²) in [7, 11) is 3.25. The maximum absolute atomic E-state index is 10.7. The van der Waals surface area contributed by atoms with Crippen LogP contribution in [-0.2, 0) is 14.3 Å². The molecule has 1 aliphatic heterocycles. The molecule has 0 saturated carbocycles. The second-order valence-electron chi connectivity index (χ2n) is 3.54. The summed E-state index contributed by atoms with van der Waals surface area (Å²) in [4.78, 5) is 12.6. The average molecular weight is 265 g/mol. The SMILES string of the molecule is CCN1CCCC1=O.COC.OCCOCCO. The lowest BCUT2D eigenvalue weighted by Crippen LogP contribution is -2.23. The van der Waals surface area contributed by atoms with E-state index in [1.165, 1.54) is 0 Å². The zero-order valence-corrected chi connectivity index (χ0v) is 11.7. The van der Waals surface area contributed by atoms with Crippen molar-refractivity contribution >= 4 is 5.91 Å². The number of ether oxygens (including phenoxy) is 2. The average Bonchev–Trinajstić information content (AvgIpc) is 2.77. The van der Waals surface area contributed by atoms with Crippen molar-refractivity contribution in [2.45, 2.75) is 19.8 Å². The van der Waals surface area contributed by atoms with Crippen molar-refractivity contribution in [1.82, 2.24) is 4.90 Å². The van der Waals surface area contributed by atoms with E-state index in [0.717, 1.165) is 25.9 Å². The maximum atomic E-state index is 10.7. The molecule has 2 N–H and O–H groups in total. The van der Waals surface area contributed by atoms with Gasteiger partial charge in [0.2, 0.25) is 5.91 Å².